The Bertz CT molecular complexity index is 1220. The van der Waals surface area contributed by atoms with Crippen LogP contribution < -0.4 is 4.73 Å². The number of carbonyl (C=O) groups excluding carboxylic acids is 1. The third-order valence-corrected chi connectivity index (χ3v) is 5.49. The highest BCUT2D eigenvalue weighted by molar-refractivity contribution is 6.02. The lowest BCUT2D eigenvalue weighted by atomic mass is 9.97. The van der Waals surface area contributed by atoms with Gasteiger partial charge in [0.15, 0.2) is 12.4 Å². The van der Waals surface area contributed by atoms with Gasteiger partial charge in [-0.1, -0.05) is 24.3 Å². The number of aromatic nitrogens is 3. The van der Waals surface area contributed by atoms with Crippen molar-refractivity contribution in [3.63, 3.8) is 0 Å². The smallest absolute Gasteiger partial charge is 0.253 e. The normalized spacial score (nSPS) is 13.5. The molecule has 1 aliphatic heterocycles. The van der Waals surface area contributed by atoms with E-state index >= 15 is 0 Å². The van der Waals surface area contributed by atoms with Crippen molar-refractivity contribution in [2.24, 2.45) is 7.05 Å². The fourth-order valence-corrected chi connectivity index (χ4v) is 3.75. The van der Waals surface area contributed by atoms with Crippen LogP contribution in [0.3, 0.4) is 0 Å². The number of likely N-dealkylation sites (tertiary alicyclic amines) is 1. The summed E-state index contributed by atoms with van der Waals surface area (Å²) in [6.45, 7) is 1.63. The van der Waals surface area contributed by atoms with Gasteiger partial charge in [-0.3, -0.25) is 9.48 Å². The molecule has 1 amide bonds. The van der Waals surface area contributed by atoms with E-state index in [4.69, 9.17) is 0 Å². The Morgan fingerprint density at radius 2 is 1.79 bits per heavy atom. The van der Waals surface area contributed by atoms with E-state index in [1.165, 1.54) is 0 Å². The van der Waals surface area contributed by atoms with Crippen molar-refractivity contribution < 1.29 is 9.52 Å². The molecule has 0 radical (unpaired) electrons. The Morgan fingerprint density at radius 3 is 2.45 bits per heavy atom. The van der Waals surface area contributed by atoms with Crippen LogP contribution in [-0.4, -0.2) is 33.7 Å². The van der Waals surface area contributed by atoms with Crippen LogP contribution >= 0.6 is 0 Å². The Kier molecular flexibility index (Phi) is 4.05. The van der Waals surface area contributed by atoms with Crippen LogP contribution in [-0.2, 0) is 7.05 Å². The first kappa shape index (κ1) is 17.4. The van der Waals surface area contributed by atoms with E-state index in [1.807, 2.05) is 60.7 Å². The van der Waals surface area contributed by atoms with Gasteiger partial charge in [0.25, 0.3) is 5.91 Å². The summed E-state index contributed by atoms with van der Waals surface area (Å²) in [5.74, 6) is 0.0508. The maximum Gasteiger partial charge on any atom is 0.253 e. The highest BCUT2D eigenvalue weighted by atomic mass is 16.5. The fraction of sp³-hybridized carbons (Fsp3) is 0.174. The van der Waals surface area contributed by atoms with Gasteiger partial charge in [-0.15, -0.1) is 0 Å². The van der Waals surface area contributed by atoms with Gasteiger partial charge in [-0.05, 0) is 35.7 Å². The molecule has 0 saturated carbocycles. The first-order valence-electron chi connectivity index (χ1n) is 9.64. The second-order valence-corrected chi connectivity index (χ2v) is 7.46. The number of carbonyl (C=O) groups is 1. The third-order valence-electron chi connectivity index (χ3n) is 5.49. The maximum absolute atomic E-state index is 12.6. The number of hydrogen-bond acceptors (Lipinski definition) is 3. The Labute approximate surface area is 168 Å². The van der Waals surface area contributed by atoms with Crippen LogP contribution in [0.1, 0.15) is 16.8 Å². The number of fused-ring (bicyclic) bond motifs is 1. The SMILES string of the molecule is Cn1cc(-c2ccc(-c3c[n+]([O-])cc4ccc(C(=O)N5CCC5)cc34)cc2)cn1. The Balaban J connectivity index is 1.58. The average Bonchev–Trinajstić information content (AvgIpc) is 3.12. The molecule has 0 aliphatic carbocycles. The number of benzene rings is 2. The predicted octanol–water partition coefficient (Wildman–Crippen LogP) is 3.39. The van der Waals surface area contributed by atoms with Crippen LogP contribution in [0.5, 0.6) is 0 Å². The van der Waals surface area contributed by atoms with Crippen molar-refractivity contribution in [2.75, 3.05) is 13.1 Å². The molecule has 29 heavy (non-hydrogen) atoms. The molecule has 1 aliphatic rings. The average molecular weight is 384 g/mol. The first-order valence-corrected chi connectivity index (χ1v) is 9.64. The molecule has 5 rings (SSSR count). The number of nitrogens with zero attached hydrogens (tertiary/aromatic N) is 4. The summed E-state index contributed by atoms with van der Waals surface area (Å²) >= 11 is 0. The lowest BCUT2D eigenvalue weighted by Gasteiger charge is -2.31. The second kappa shape index (κ2) is 6.74. The van der Waals surface area contributed by atoms with Gasteiger partial charge in [0.1, 0.15) is 0 Å². The van der Waals surface area contributed by atoms with Gasteiger partial charge < -0.3 is 10.1 Å². The summed E-state index contributed by atoms with van der Waals surface area (Å²) in [6, 6.07) is 13.6. The van der Waals surface area contributed by atoms with Gasteiger partial charge in [0, 0.05) is 48.2 Å². The van der Waals surface area contributed by atoms with Crippen LogP contribution in [0.15, 0.2) is 67.3 Å². The molecular formula is C23H20N4O2. The standard InChI is InChI=1S/C23H20N4O2/c1-25-13-20(12-24-25)16-3-5-17(6-4-16)22-15-27(29)14-19-8-7-18(11-21(19)22)23(28)26-9-2-10-26/h3-8,11-15H,2,9-10H2,1H3. The molecule has 0 unspecified atom stereocenters. The summed E-state index contributed by atoms with van der Waals surface area (Å²) in [7, 11) is 1.89. The molecule has 4 aromatic rings. The minimum atomic E-state index is 0.0508. The van der Waals surface area contributed by atoms with E-state index in [0.29, 0.717) is 5.56 Å². The molecule has 2 aromatic carbocycles. The number of pyridine rings is 1. The summed E-state index contributed by atoms with van der Waals surface area (Å²) in [4.78, 5) is 14.5. The molecule has 1 fully saturated rings. The lowest BCUT2D eigenvalue weighted by Crippen LogP contribution is -2.42. The molecule has 6 heteroatoms. The Hall–Kier alpha value is -3.67. The van der Waals surface area contributed by atoms with Crippen LogP contribution in [0, 0.1) is 5.21 Å². The van der Waals surface area contributed by atoms with E-state index in [-0.39, 0.29) is 5.91 Å². The highest BCUT2D eigenvalue weighted by Gasteiger charge is 2.22. The lowest BCUT2D eigenvalue weighted by molar-refractivity contribution is -0.603. The molecule has 2 aromatic heterocycles. The van der Waals surface area contributed by atoms with Crippen molar-refractivity contribution >= 4 is 16.7 Å². The largest absolute Gasteiger partial charge is 0.619 e. The van der Waals surface area contributed by atoms with Crippen LogP contribution in [0.4, 0.5) is 0 Å². The predicted molar refractivity (Wildman–Crippen MR) is 111 cm³/mol. The molecule has 6 nitrogen and oxygen atoms in total. The highest BCUT2D eigenvalue weighted by Crippen LogP contribution is 2.30. The number of aryl methyl sites for hydroxylation is 1. The van der Waals surface area contributed by atoms with E-state index in [9.17, 15) is 10.0 Å². The van der Waals surface area contributed by atoms with Gasteiger partial charge in [0.05, 0.1) is 11.8 Å². The molecule has 144 valence electrons. The summed E-state index contributed by atoms with van der Waals surface area (Å²) in [5.41, 5.74) is 4.51. The first-order chi connectivity index (χ1) is 14.1. The minimum absolute atomic E-state index is 0.0508. The molecule has 0 atom stereocenters. The van der Waals surface area contributed by atoms with E-state index in [2.05, 4.69) is 5.10 Å². The topological polar surface area (TPSA) is 65.1 Å². The molecule has 0 N–H and O–H groups in total. The van der Waals surface area contributed by atoms with Crippen molar-refractivity contribution in [1.82, 2.24) is 14.7 Å². The zero-order valence-electron chi connectivity index (χ0n) is 16.1. The van der Waals surface area contributed by atoms with Crippen molar-refractivity contribution in [2.45, 2.75) is 6.42 Å². The number of rotatable bonds is 3. The summed E-state index contributed by atoms with van der Waals surface area (Å²) in [5, 5.41) is 18.1. The van der Waals surface area contributed by atoms with Gasteiger partial charge in [-0.2, -0.15) is 9.83 Å². The van der Waals surface area contributed by atoms with Gasteiger partial charge in [0.2, 0.25) is 0 Å². The maximum atomic E-state index is 12.6. The fourth-order valence-electron chi connectivity index (χ4n) is 3.75. The minimum Gasteiger partial charge on any atom is -0.619 e. The van der Waals surface area contributed by atoms with Crippen LogP contribution in [0.25, 0.3) is 33.0 Å². The molecule has 3 heterocycles. The van der Waals surface area contributed by atoms with E-state index in [0.717, 1.165) is 57.3 Å². The zero-order valence-corrected chi connectivity index (χ0v) is 16.1. The van der Waals surface area contributed by atoms with Gasteiger partial charge >= 0.3 is 0 Å². The second-order valence-electron chi connectivity index (χ2n) is 7.46. The number of hydrogen-bond donors (Lipinski definition) is 0. The molecule has 1 saturated heterocycles. The quantitative estimate of drug-likeness (QED) is 0.402. The van der Waals surface area contributed by atoms with Crippen molar-refractivity contribution in [3.8, 4) is 22.3 Å². The van der Waals surface area contributed by atoms with E-state index in [1.54, 1.807) is 23.1 Å². The van der Waals surface area contributed by atoms with Crippen LogP contribution in [0.2, 0.25) is 0 Å². The summed E-state index contributed by atoms with van der Waals surface area (Å²) < 4.78 is 2.59. The Morgan fingerprint density at radius 1 is 1.03 bits per heavy atom. The molecule has 0 bridgehead atoms. The number of amides is 1. The van der Waals surface area contributed by atoms with Gasteiger partial charge in [-0.25, -0.2) is 0 Å². The monoisotopic (exact) mass is 384 g/mol. The zero-order chi connectivity index (χ0) is 20.0. The van der Waals surface area contributed by atoms with Crippen molar-refractivity contribution in [1.29, 1.82) is 0 Å². The third kappa shape index (κ3) is 3.12. The summed E-state index contributed by atoms with van der Waals surface area (Å²) in [6.07, 6.45) is 7.96. The van der Waals surface area contributed by atoms with E-state index < -0.39 is 0 Å². The molecular weight excluding hydrogens is 364 g/mol. The molecule has 0 spiro atoms. The van der Waals surface area contributed by atoms with Crippen molar-refractivity contribution in [3.05, 3.63) is 78.0 Å².